The predicted molar refractivity (Wildman–Crippen MR) is 84.2 cm³/mol. The van der Waals surface area contributed by atoms with Gasteiger partial charge in [0.2, 0.25) is 5.91 Å². The molecule has 0 aromatic heterocycles. The van der Waals surface area contributed by atoms with E-state index < -0.39 is 0 Å². The SMILES string of the molecule is CC[C@H](Nc1cccc(Cl)c1)C(=O)Nc1ccccc1. The second-order valence-electron chi connectivity index (χ2n) is 4.47. The minimum absolute atomic E-state index is 0.0568. The summed E-state index contributed by atoms with van der Waals surface area (Å²) in [6, 6.07) is 16.5. The summed E-state index contributed by atoms with van der Waals surface area (Å²) in [5.41, 5.74) is 1.64. The van der Waals surface area contributed by atoms with E-state index in [1.54, 1.807) is 12.1 Å². The maximum Gasteiger partial charge on any atom is 0.246 e. The third-order valence-corrected chi connectivity index (χ3v) is 3.17. The van der Waals surface area contributed by atoms with Crippen molar-refractivity contribution in [2.24, 2.45) is 0 Å². The van der Waals surface area contributed by atoms with Gasteiger partial charge in [-0.2, -0.15) is 0 Å². The van der Waals surface area contributed by atoms with Crippen LogP contribution in [0.2, 0.25) is 5.02 Å². The molecule has 1 atom stereocenters. The fourth-order valence-corrected chi connectivity index (χ4v) is 2.07. The Morgan fingerprint density at radius 3 is 2.45 bits per heavy atom. The molecule has 0 fully saturated rings. The third-order valence-electron chi connectivity index (χ3n) is 2.93. The van der Waals surface area contributed by atoms with Crippen LogP contribution in [0, 0.1) is 0 Å². The van der Waals surface area contributed by atoms with Gasteiger partial charge in [0.1, 0.15) is 6.04 Å². The Morgan fingerprint density at radius 1 is 1.10 bits per heavy atom. The summed E-state index contributed by atoms with van der Waals surface area (Å²) < 4.78 is 0. The highest BCUT2D eigenvalue weighted by atomic mass is 35.5. The van der Waals surface area contributed by atoms with Gasteiger partial charge in [0.05, 0.1) is 0 Å². The zero-order valence-corrected chi connectivity index (χ0v) is 12.0. The molecule has 0 heterocycles. The largest absolute Gasteiger partial charge is 0.374 e. The highest BCUT2D eigenvalue weighted by Gasteiger charge is 2.16. The van der Waals surface area contributed by atoms with Crippen LogP contribution in [-0.4, -0.2) is 11.9 Å². The van der Waals surface area contributed by atoms with Crippen LogP contribution in [0.3, 0.4) is 0 Å². The molecule has 4 heteroatoms. The molecule has 0 bridgehead atoms. The van der Waals surface area contributed by atoms with E-state index in [2.05, 4.69) is 10.6 Å². The summed E-state index contributed by atoms with van der Waals surface area (Å²) in [4.78, 5) is 12.2. The average Bonchev–Trinajstić information content (AvgIpc) is 2.46. The molecule has 0 spiro atoms. The van der Waals surface area contributed by atoms with Crippen molar-refractivity contribution in [3.8, 4) is 0 Å². The fourth-order valence-electron chi connectivity index (χ4n) is 1.88. The number of rotatable bonds is 5. The number of anilines is 2. The highest BCUT2D eigenvalue weighted by molar-refractivity contribution is 6.30. The van der Waals surface area contributed by atoms with E-state index in [4.69, 9.17) is 11.6 Å². The smallest absolute Gasteiger partial charge is 0.246 e. The summed E-state index contributed by atoms with van der Waals surface area (Å²) in [6.45, 7) is 1.97. The molecule has 2 aromatic rings. The van der Waals surface area contributed by atoms with Crippen molar-refractivity contribution in [1.29, 1.82) is 0 Å². The number of hydrogen-bond acceptors (Lipinski definition) is 2. The summed E-state index contributed by atoms with van der Waals surface area (Å²) in [7, 11) is 0. The lowest BCUT2D eigenvalue weighted by molar-refractivity contribution is -0.116. The van der Waals surface area contributed by atoms with Crippen LogP contribution in [0.4, 0.5) is 11.4 Å². The Bertz CT molecular complexity index is 572. The first-order chi connectivity index (χ1) is 9.69. The first kappa shape index (κ1) is 14.4. The number of para-hydroxylation sites is 1. The maximum absolute atomic E-state index is 12.2. The summed E-state index contributed by atoms with van der Waals surface area (Å²) in [5, 5.41) is 6.73. The van der Waals surface area contributed by atoms with E-state index in [9.17, 15) is 4.79 Å². The Balaban J connectivity index is 2.02. The Hall–Kier alpha value is -2.00. The van der Waals surface area contributed by atoms with E-state index in [-0.39, 0.29) is 11.9 Å². The summed E-state index contributed by atoms with van der Waals surface area (Å²) in [6.07, 6.45) is 0.686. The van der Waals surface area contributed by atoms with Gasteiger partial charge < -0.3 is 10.6 Å². The standard InChI is InChI=1S/C16H17ClN2O/c1-2-15(18-14-10-6-7-12(17)11-14)16(20)19-13-8-4-3-5-9-13/h3-11,15,18H,2H2,1H3,(H,19,20)/t15-/m0/s1. The fraction of sp³-hybridized carbons (Fsp3) is 0.188. The van der Waals surface area contributed by atoms with Crippen molar-refractivity contribution in [1.82, 2.24) is 0 Å². The van der Waals surface area contributed by atoms with Crippen LogP contribution in [0.15, 0.2) is 54.6 Å². The van der Waals surface area contributed by atoms with Crippen LogP contribution in [0.5, 0.6) is 0 Å². The quantitative estimate of drug-likeness (QED) is 0.867. The van der Waals surface area contributed by atoms with Gasteiger partial charge in [0, 0.05) is 16.4 Å². The second kappa shape index (κ2) is 6.96. The summed E-state index contributed by atoms with van der Waals surface area (Å²) in [5.74, 6) is -0.0568. The molecule has 2 rings (SSSR count). The van der Waals surface area contributed by atoms with E-state index in [1.807, 2.05) is 49.4 Å². The van der Waals surface area contributed by atoms with E-state index in [0.717, 1.165) is 11.4 Å². The first-order valence-corrected chi connectivity index (χ1v) is 6.95. The summed E-state index contributed by atoms with van der Waals surface area (Å²) >= 11 is 5.94. The number of benzene rings is 2. The topological polar surface area (TPSA) is 41.1 Å². The minimum Gasteiger partial charge on any atom is -0.374 e. The molecule has 1 amide bonds. The number of hydrogen-bond donors (Lipinski definition) is 2. The van der Waals surface area contributed by atoms with Gasteiger partial charge in [-0.05, 0) is 36.8 Å². The van der Waals surface area contributed by atoms with Gasteiger partial charge in [0.25, 0.3) is 0 Å². The molecule has 0 aliphatic rings. The van der Waals surface area contributed by atoms with E-state index in [0.29, 0.717) is 11.4 Å². The maximum atomic E-state index is 12.2. The van der Waals surface area contributed by atoms with Crippen molar-refractivity contribution < 1.29 is 4.79 Å². The van der Waals surface area contributed by atoms with E-state index >= 15 is 0 Å². The Morgan fingerprint density at radius 2 is 1.80 bits per heavy atom. The molecule has 3 nitrogen and oxygen atoms in total. The second-order valence-corrected chi connectivity index (χ2v) is 4.91. The molecule has 0 saturated carbocycles. The van der Waals surface area contributed by atoms with Gasteiger partial charge in [-0.25, -0.2) is 0 Å². The lowest BCUT2D eigenvalue weighted by atomic mass is 10.2. The lowest BCUT2D eigenvalue weighted by Crippen LogP contribution is -2.34. The third kappa shape index (κ3) is 4.00. The number of nitrogens with one attached hydrogen (secondary N) is 2. The number of amides is 1. The molecular weight excluding hydrogens is 272 g/mol. The molecule has 0 saturated heterocycles. The molecular formula is C16H17ClN2O. The first-order valence-electron chi connectivity index (χ1n) is 6.57. The van der Waals surface area contributed by atoms with Gasteiger partial charge in [0.15, 0.2) is 0 Å². The van der Waals surface area contributed by atoms with Gasteiger partial charge in [-0.3, -0.25) is 4.79 Å². The lowest BCUT2D eigenvalue weighted by Gasteiger charge is -2.18. The molecule has 0 aliphatic carbocycles. The Kier molecular flexibility index (Phi) is 5.02. The molecule has 0 aliphatic heterocycles. The number of carbonyl (C=O) groups excluding carboxylic acids is 1. The molecule has 104 valence electrons. The molecule has 20 heavy (non-hydrogen) atoms. The zero-order valence-electron chi connectivity index (χ0n) is 11.3. The van der Waals surface area contributed by atoms with Gasteiger partial charge in [-0.1, -0.05) is 42.8 Å². The number of carbonyl (C=O) groups is 1. The minimum atomic E-state index is -0.298. The monoisotopic (exact) mass is 288 g/mol. The van der Waals surface area contributed by atoms with Crippen LogP contribution < -0.4 is 10.6 Å². The molecule has 2 N–H and O–H groups in total. The predicted octanol–water partition coefficient (Wildman–Crippen LogP) is 4.17. The van der Waals surface area contributed by atoms with Crippen molar-refractivity contribution >= 4 is 28.9 Å². The van der Waals surface area contributed by atoms with Crippen LogP contribution in [0.25, 0.3) is 0 Å². The highest BCUT2D eigenvalue weighted by Crippen LogP contribution is 2.17. The van der Waals surface area contributed by atoms with Crippen LogP contribution in [0.1, 0.15) is 13.3 Å². The molecule has 2 aromatic carbocycles. The number of halogens is 1. The van der Waals surface area contributed by atoms with Gasteiger partial charge >= 0.3 is 0 Å². The van der Waals surface area contributed by atoms with Crippen molar-refractivity contribution in [2.75, 3.05) is 10.6 Å². The van der Waals surface area contributed by atoms with Crippen molar-refractivity contribution in [2.45, 2.75) is 19.4 Å². The Labute approximate surface area is 124 Å². The van der Waals surface area contributed by atoms with Crippen molar-refractivity contribution in [3.63, 3.8) is 0 Å². The van der Waals surface area contributed by atoms with Crippen LogP contribution >= 0.6 is 11.6 Å². The normalized spacial score (nSPS) is 11.7. The van der Waals surface area contributed by atoms with E-state index in [1.165, 1.54) is 0 Å². The molecule has 0 unspecified atom stereocenters. The van der Waals surface area contributed by atoms with Gasteiger partial charge in [-0.15, -0.1) is 0 Å². The average molecular weight is 289 g/mol. The van der Waals surface area contributed by atoms with Crippen LogP contribution in [-0.2, 0) is 4.79 Å². The zero-order chi connectivity index (χ0) is 14.4. The molecule has 0 radical (unpaired) electrons. The van der Waals surface area contributed by atoms with Crippen molar-refractivity contribution in [3.05, 3.63) is 59.6 Å².